The first kappa shape index (κ1) is 27.0. The summed E-state index contributed by atoms with van der Waals surface area (Å²) in [4.78, 5) is 36.2. The molecule has 0 spiro atoms. The summed E-state index contributed by atoms with van der Waals surface area (Å²) >= 11 is 0. The Kier molecular flexibility index (Phi) is 7.34. The van der Waals surface area contributed by atoms with E-state index in [1.54, 1.807) is 48.5 Å². The number of imidazole rings is 1. The van der Waals surface area contributed by atoms with Crippen LogP contribution in [0.4, 0.5) is 5.95 Å². The highest BCUT2D eigenvalue weighted by atomic mass is 16.5. The maximum absolute atomic E-state index is 13.5. The number of aliphatic hydroxyl groups is 1. The van der Waals surface area contributed by atoms with Crippen molar-refractivity contribution < 1.29 is 24.2 Å². The molecule has 8 heteroatoms. The molecule has 0 aliphatic carbocycles. The molecule has 3 aromatic carbocycles. The average Bonchev–Trinajstić information content (AvgIpc) is 3.45. The maximum Gasteiger partial charge on any atom is 0.302 e. The molecule has 1 fully saturated rings. The van der Waals surface area contributed by atoms with Gasteiger partial charge in [-0.25, -0.2) is 4.98 Å². The summed E-state index contributed by atoms with van der Waals surface area (Å²) in [5.74, 6) is 0.0712. The van der Waals surface area contributed by atoms with Gasteiger partial charge in [0.05, 0.1) is 35.4 Å². The lowest BCUT2D eigenvalue weighted by Gasteiger charge is -2.23. The van der Waals surface area contributed by atoms with Crippen molar-refractivity contribution in [3.8, 4) is 11.5 Å². The zero-order valence-corrected chi connectivity index (χ0v) is 23.3. The van der Waals surface area contributed by atoms with E-state index in [0.29, 0.717) is 40.7 Å². The first-order valence-corrected chi connectivity index (χ1v) is 13.4. The van der Waals surface area contributed by atoms with Crippen molar-refractivity contribution in [2.45, 2.75) is 46.8 Å². The number of nitrogens with one attached hydrogen (secondary N) is 1. The van der Waals surface area contributed by atoms with Gasteiger partial charge in [0.15, 0.2) is 0 Å². The zero-order valence-electron chi connectivity index (χ0n) is 23.3. The van der Waals surface area contributed by atoms with E-state index in [2.05, 4.69) is 23.8 Å². The van der Waals surface area contributed by atoms with Crippen LogP contribution in [0.2, 0.25) is 0 Å². The molecule has 40 heavy (non-hydrogen) atoms. The van der Waals surface area contributed by atoms with Gasteiger partial charge in [0.25, 0.3) is 5.78 Å². The number of ketones is 1. The number of rotatable bonds is 8. The number of fused-ring (bicyclic) bond motifs is 1. The summed E-state index contributed by atoms with van der Waals surface area (Å²) < 4.78 is 11.5. The molecule has 1 atom stereocenters. The molecule has 1 aliphatic rings. The topological polar surface area (TPSA) is 105 Å². The molecule has 2 heterocycles. The quantitative estimate of drug-likeness (QED) is 0.154. The van der Waals surface area contributed by atoms with E-state index in [1.807, 2.05) is 39.0 Å². The molecule has 206 valence electrons. The van der Waals surface area contributed by atoms with Crippen LogP contribution in [-0.4, -0.2) is 39.5 Å². The molecule has 0 radical (unpaired) electrons. The van der Waals surface area contributed by atoms with Crippen LogP contribution in [0.1, 0.15) is 50.4 Å². The molecule has 1 unspecified atom stereocenters. The lowest BCUT2D eigenvalue weighted by molar-refractivity contribution is -0.132. The number of ether oxygens (including phenoxy) is 2. The number of aryl methyl sites for hydroxylation is 1. The third-order valence-corrected chi connectivity index (χ3v) is 6.58. The third kappa shape index (κ3) is 5.30. The Bertz CT molecular complexity index is 1580. The van der Waals surface area contributed by atoms with Gasteiger partial charge in [0, 0.05) is 5.56 Å². The van der Waals surface area contributed by atoms with E-state index in [1.165, 1.54) is 4.90 Å². The molecule has 4 aromatic rings. The monoisotopic (exact) mass is 539 g/mol. The molecule has 1 aromatic heterocycles. The molecule has 0 saturated carbocycles. The Morgan fingerprint density at radius 2 is 1.65 bits per heavy atom. The van der Waals surface area contributed by atoms with Crippen molar-refractivity contribution in [2.75, 3.05) is 11.5 Å². The second kappa shape index (κ2) is 10.9. The fraction of sp³-hybridized carbons (Fsp3) is 0.281. The molecule has 8 nitrogen and oxygen atoms in total. The number of aliphatic hydroxyl groups excluding tert-OH is 1. The Labute approximate surface area is 233 Å². The first-order chi connectivity index (χ1) is 19.1. The lowest BCUT2D eigenvalue weighted by atomic mass is 9.95. The number of Topliss-reactive ketones (excluding diaryl/α,β-unsaturated/α-hetero) is 1. The van der Waals surface area contributed by atoms with E-state index in [-0.39, 0.29) is 23.4 Å². The normalized spacial score (nSPS) is 16.9. The Morgan fingerprint density at radius 3 is 2.30 bits per heavy atom. The van der Waals surface area contributed by atoms with Crippen LogP contribution in [0.25, 0.3) is 16.8 Å². The van der Waals surface area contributed by atoms with Gasteiger partial charge in [-0.3, -0.25) is 14.5 Å². The van der Waals surface area contributed by atoms with E-state index in [9.17, 15) is 14.7 Å². The summed E-state index contributed by atoms with van der Waals surface area (Å²) in [5.41, 5.74) is 3.45. The van der Waals surface area contributed by atoms with Crippen LogP contribution in [0, 0.1) is 12.8 Å². The number of carbonyl (C=O) groups is 2. The number of hydrogen-bond acceptors (Lipinski definition) is 6. The van der Waals surface area contributed by atoms with Gasteiger partial charge in [-0.15, -0.1) is 0 Å². The van der Waals surface area contributed by atoms with Gasteiger partial charge in [-0.05, 0) is 86.3 Å². The van der Waals surface area contributed by atoms with E-state index < -0.39 is 17.7 Å². The number of aromatic nitrogens is 2. The number of amides is 1. The van der Waals surface area contributed by atoms with Crippen molar-refractivity contribution in [1.29, 1.82) is 0 Å². The summed E-state index contributed by atoms with van der Waals surface area (Å²) in [5, 5.41) is 11.4. The van der Waals surface area contributed by atoms with Crippen molar-refractivity contribution in [2.24, 2.45) is 5.92 Å². The van der Waals surface area contributed by atoms with Crippen LogP contribution < -0.4 is 14.4 Å². The van der Waals surface area contributed by atoms with Crippen LogP contribution in [0.3, 0.4) is 0 Å². The molecule has 1 saturated heterocycles. The minimum atomic E-state index is -0.911. The molecule has 1 amide bonds. The van der Waals surface area contributed by atoms with Crippen LogP contribution in [0.15, 0.2) is 72.3 Å². The van der Waals surface area contributed by atoms with Crippen molar-refractivity contribution in [3.05, 3.63) is 89.0 Å². The van der Waals surface area contributed by atoms with Gasteiger partial charge in [0.1, 0.15) is 17.3 Å². The number of aromatic amines is 1. The summed E-state index contributed by atoms with van der Waals surface area (Å²) in [6.45, 7) is 10.5. The highest BCUT2D eigenvalue weighted by Gasteiger charge is 2.48. The van der Waals surface area contributed by atoms with Crippen LogP contribution >= 0.6 is 0 Å². The van der Waals surface area contributed by atoms with Crippen LogP contribution in [0.5, 0.6) is 11.5 Å². The molecule has 2 N–H and O–H groups in total. The standard InChI is InChI=1S/C32H33N3O5/c1-18(2)17-39-23-11-9-22(10-12-23)29(36)27-28(21-7-13-24(14-8-21)40-19(3)4)35(31(38)30(27)37)32-33-25-15-6-20(5)16-26(25)34-32/h6-16,18-19,28,36H,17H2,1-5H3,(H,33,34)/b29-27+. The number of nitrogens with zero attached hydrogens (tertiary/aromatic N) is 2. The SMILES string of the molecule is Cc1ccc2nc(N3C(=O)C(=O)/C(=C(/O)c4ccc(OCC(C)C)cc4)C3c3ccc(OC(C)C)cc3)[nH]c2c1. The number of carbonyl (C=O) groups excluding carboxylic acids is 2. The summed E-state index contributed by atoms with van der Waals surface area (Å²) in [7, 11) is 0. The van der Waals surface area contributed by atoms with E-state index >= 15 is 0 Å². The Hall–Kier alpha value is -4.59. The fourth-order valence-electron chi connectivity index (χ4n) is 4.72. The predicted octanol–water partition coefficient (Wildman–Crippen LogP) is 6.32. The Morgan fingerprint density at radius 1 is 0.975 bits per heavy atom. The highest BCUT2D eigenvalue weighted by molar-refractivity contribution is 6.51. The number of benzene rings is 3. The number of H-pyrrole nitrogens is 1. The highest BCUT2D eigenvalue weighted by Crippen LogP contribution is 2.42. The Balaban J connectivity index is 1.61. The fourth-order valence-corrected chi connectivity index (χ4v) is 4.72. The zero-order chi connectivity index (χ0) is 28.6. The maximum atomic E-state index is 13.5. The minimum Gasteiger partial charge on any atom is -0.507 e. The van der Waals surface area contributed by atoms with E-state index in [0.717, 1.165) is 11.1 Å². The molecular formula is C32H33N3O5. The second-order valence-corrected chi connectivity index (χ2v) is 10.7. The minimum absolute atomic E-state index is 0.0111. The third-order valence-electron chi connectivity index (χ3n) is 6.58. The summed E-state index contributed by atoms with van der Waals surface area (Å²) in [6, 6.07) is 18.8. The summed E-state index contributed by atoms with van der Waals surface area (Å²) in [6.07, 6.45) is -0.0111. The van der Waals surface area contributed by atoms with Gasteiger partial charge in [0.2, 0.25) is 5.95 Å². The smallest absolute Gasteiger partial charge is 0.302 e. The average molecular weight is 540 g/mol. The van der Waals surface area contributed by atoms with Gasteiger partial charge in [-0.1, -0.05) is 32.0 Å². The van der Waals surface area contributed by atoms with Crippen LogP contribution in [-0.2, 0) is 9.59 Å². The van der Waals surface area contributed by atoms with Crippen molar-refractivity contribution >= 4 is 34.4 Å². The van der Waals surface area contributed by atoms with Gasteiger partial charge >= 0.3 is 5.91 Å². The van der Waals surface area contributed by atoms with Crippen molar-refractivity contribution in [3.63, 3.8) is 0 Å². The van der Waals surface area contributed by atoms with Gasteiger partial charge in [-0.2, -0.15) is 0 Å². The molecule has 5 rings (SSSR count). The first-order valence-electron chi connectivity index (χ1n) is 13.4. The van der Waals surface area contributed by atoms with Crippen molar-refractivity contribution in [1.82, 2.24) is 9.97 Å². The number of hydrogen-bond donors (Lipinski definition) is 2. The van der Waals surface area contributed by atoms with Gasteiger partial charge < -0.3 is 19.6 Å². The molecular weight excluding hydrogens is 506 g/mol. The molecule has 0 bridgehead atoms. The molecule has 1 aliphatic heterocycles. The predicted molar refractivity (Wildman–Crippen MR) is 155 cm³/mol. The van der Waals surface area contributed by atoms with E-state index in [4.69, 9.17) is 9.47 Å². The largest absolute Gasteiger partial charge is 0.507 e. The number of anilines is 1. The lowest BCUT2D eigenvalue weighted by Crippen LogP contribution is -2.30. The second-order valence-electron chi connectivity index (χ2n) is 10.7.